The number of fused-ring (bicyclic) bond motifs is 1. The summed E-state index contributed by atoms with van der Waals surface area (Å²) in [5.74, 6) is -0.258. The quantitative estimate of drug-likeness (QED) is 0.631. The molecule has 1 aliphatic rings. The predicted molar refractivity (Wildman–Crippen MR) is 106 cm³/mol. The summed E-state index contributed by atoms with van der Waals surface area (Å²) < 4.78 is 0. The predicted octanol–water partition coefficient (Wildman–Crippen LogP) is 5.21. The summed E-state index contributed by atoms with van der Waals surface area (Å²) >= 11 is 2.61. The number of hydrogen-bond acceptors (Lipinski definition) is 5. The molecule has 0 saturated carbocycles. The minimum absolute atomic E-state index is 0.0296. The van der Waals surface area contributed by atoms with E-state index in [2.05, 4.69) is 28.5 Å². The molecule has 1 aliphatic carbocycles. The number of anilines is 1. The number of carbonyl (C=O) groups excluding carboxylic acids is 2. The van der Waals surface area contributed by atoms with Crippen LogP contribution in [-0.2, 0) is 12.8 Å². The molecule has 4 rings (SSSR count). The van der Waals surface area contributed by atoms with Crippen molar-refractivity contribution < 1.29 is 9.59 Å². The molecule has 2 heterocycles. The van der Waals surface area contributed by atoms with E-state index in [1.54, 1.807) is 12.1 Å². The Labute approximate surface area is 159 Å². The molecule has 1 aromatic carbocycles. The van der Waals surface area contributed by atoms with Gasteiger partial charge in [-0.2, -0.15) is 0 Å². The molecule has 2 aromatic heterocycles. The van der Waals surface area contributed by atoms with E-state index >= 15 is 0 Å². The number of thiazole rings is 1. The highest BCUT2D eigenvalue weighted by molar-refractivity contribution is 7.16. The molecule has 0 bridgehead atoms. The molecule has 6 heteroatoms. The molecule has 0 unspecified atom stereocenters. The number of aryl methyl sites for hydroxylation is 2. The van der Waals surface area contributed by atoms with Crippen LogP contribution < -0.4 is 5.32 Å². The zero-order valence-corrected chi connectivity index (χ0v) is 16.0. The van der Waals surface area contributed by atoms with Gasteiger partial charge < -0.3 is 0 Å². The number of hydrogen-bond donors (Lipinski definition) is 1. The highest BCUT2D eigenvalue weighted by atomic mass is 32.1. The molecule has 1 N–H and O–H groups in total. The van der Waals surface area contributed by atoms with Crippen molar-refractivity contribution in [3.63, 3.8) is 0 Å². The van der Waals surface area contributed by atoms with Crippen molar-refractivity contribution in [1.82, 2.24) is 4.98 Å². The van der Waals surface area contributed by atoms with Gasteiger partial charge in [-0.05, 0) is 61.9 Å². The molecule has 132 valence electrons. The van der Waals surface area contributed by atoms with Crippen molar-refractivity contribution in [3.8, 4) is 11.3 Å². The molecule has 0 fully saturated rings. The molecule has 26 heavy (non-hydrogen) atoms. The van der Waals surface area contributed by atoms with Crippen LogP contribution in [0.25, 0.3) is 11.3 Å². The normalized spacial score (nSPS) is 13.3. The van der Waals surface area contributed by atoms with Crippen molar-refractivity contribution in [3.05, 3.63) is 56.6 Å². The van der Waals surface area contributed by atoms with Crippen LogP contribution in [0.2, 0.25) is 0 Å². The van der Waals surface area contributed by atoms with E-state index < -0.39 is 0 Å². The van der Waals surface area contributed by atoms with Gasteiger partial charge >= 0.3 is 0 Å². The number of thiophene rings is 1. The highest BCUT2D eigenvalue weighted by Crippen LogP contribution is 2.30. The fourth-order valence-corrected chi connectivity index (χ4v) is 4.68. The molecule has 3 aromatic rings. The lowest BCUT2D eigenvalue weighted by Crippen LogP contribution is -2.09. The van der Waals surface area contributed by atoms with Crippen LogP contribution in [0.1, 0.15) is 50.2 Å². The standard InChI is InChI=1S/C20H18N2O2S2/c1-12(23)17-8-9-18(26-17)19(24)22-20-21-16(11-25-20)15-7-6-13-4-2-3-5-14(13)10-15/h6-11H,2-5H2,1H3,(H,21,22,24). The van der Waals surface area contributed by atoms with Crippen molar-refractivity contribution in [2.75, 3.05) is 5.32 Å². The van der Waals surface area contributed by atoms with Gasteiger partial charge in [-0.1, -0.05) is 12.1 Å². The first-order valence-corrected chi connectivity index (χ1v) is 10.3. The van der Waals surface area contributed by atoms with Crippen LogP contribution >= 0.6 is 22.7 Å². The maximum absolute atomic E-state index is 12.3. The monoisotopic (exact) mass is 382 g/mol. The number of amides is 1. The minimum atomic E-state index is -0.228. The number of aromatic nitrogens is 1. The number of Topliss-reactive ketones (excluding diaryl/α,β-unsaturated/α-hetero) is 1. The Morgan fingerprint density at radius 1 is 1.04 bits per heavy atom. The molecule has 0 spiro atoms. The third kappa shape index (κ3) is 3.48. The van der Waals surface area contributed by atoms with Crippen molar-refractivity contribution in [1.29, 1.82) is 0 Å². The second-order valence-corrected chi connectivity index (χ2v) is 8.34. The number of benzene rings is 1. The number of ketones is 1. The van der Waals surface area contributed by atoms with Crippen LogP contribution in [-0.4, -0.2) is 16.7 Å². The maximum atomic E-state index is 12.3. The van der Waals surface area contributed by atoms with Crippen molar-refractivity contribution in [2.45, 2.75) is 32.6 Å². The van der Waals surface area contributed by atoms with E-state index in [4.69, 9.17) is 0 Å². The van der Waals surface area contributed by atoms with Crippen LogP contribution in [0.15, 0.2) is 35.7 Å². The van der Waals surface area contributed by atoms with Gasteiger partial charge in [-0.3, -0.25) is 14.9 Å². The van der Waals surface area contributed by atoms with Gasteiger partial charge in [0.15, 0.2) is 10.9 Å². The average Bonchev–Trinajstić information content (AvgIpc) is 3.31. The fraction of sp³-hybridized carbons (Fsp3) is 0.250. The van der Waals surface area contributed by atoms with E-state index in [9.17, 15) is 9.59 Å². The summed E-state index contributed by atoms with van der Waals surface area (Å²) in [5.41, 5.74) is 4.84. The van der Waals surface area contributed by atoms with E-state index in [-0.39, 0.29) is 11.7 Å². The summed E-state index contributed by atoms with van der Waals surface area (Å²) in [6.07, 6.45) is 4.82. The minimum Gasteiger partial charge on any atom is -0.297 e. The molecular formula is C20H18N2O2S2. The molecule has 4 nitrogen and oxygen atoms in total. The summed E-state index contributed by atoms with van der Waals surface area (Å²) in [6, 6.07) is 9.91. The van der Waals surface area contributed by atoms with Gasteiger partial charge in [0, 0.05) is 10.9 Å². The number of rotatable bonds is 4. The molecule has 0 atom stereocenters. The molecular weight excluding hydrogens is 364 g/mol. The number of carbonyl (C=O) groups is 2. The van der Waals surface area contributed by atoms with Gasteiger partial charge in [0.25, 0.3) is 5.91 Å². The first-order chi connectivity index (χ1) is 12.6. The Morgan fingerprint density at radius 3 is 2.58 bits per heavy atom. The van der Waals surface area contributed by atoms with Gasteiger partial charge in [-0.25, -0.2) is 4.98 Å². The van der Waals surface area contributed by atoms with E-state index in [0.29, 0.717) is 14.9 Å². The lowest BCUT2D eigenvalue weighted by Gasteiger charge is -2.16. The van der Waals surface area contributed by atoms with E-state index in [0.717, 1.165) is 24.1 Å². The molecule has 0 saturated heterocycles. The second-order valence-electron chi connectivity index (χ2n) is 6.40. The summed E-state index contributed by atoms with van der Waals surface area (Å²) in [4.78, 5) is 29.4. The Bertz CT molecular complexity index is 987. The second kappa shape index (κ2) is 7.13. The van der Waals surface area contributed by atoms with E-state index in [1.165, 1.54) is 53.6 Å². The number of nitrogens with one attached hydrogen (secondary N) is 1. The van der Waals surface area contributed by atoms with Crippen LogP contribution in [0.5, 0.6) is 0 Å². The maximum Gasteiger partial charge on any atom is 0.267 e. The van der Waals surface area contributed by atoms with Gasteiger partial charge in [0.05, 0.1) is 15.4 Å². The fourth-order valence-electron chi connectivity index (χ4n) is 3.16. The third-order valence-corrected chi connectivity index (χ3v) is 6.49. The third-order valence-electron chi connectivity index (χ3n) is 4.55. The van der Waals surface area contributed by atoms with Crippen LogP contribution in [0.4, 0.5) is 5.13 Å². The Kier molecular flexibility index (Phi) is 4.70. The average molecular weight is 383 g/mol. The largest absolute Gasteiger partial charge is 0.297 e. The lowest BCUT2D eigenvalue weighted by molar-refractivity contribution is 0.101. The Morgan fingerprint density at radius 2 is 1.81 bits per heavy atom. The molecule has 0 radical (unpaired) electrons. The zero-order valence-electron chi connectivity index (χ0n) is 14.4. The smallest absolute Gasteiger partial charge is 0.267 e. The first kappa shape index (κ1) is 17.1. The molecule has 1 amide bonds. The molecule has 0 aliphatic heterocycles. The highest BCUT2D eigenvalue weighted by Gasteiger charge is 2.15. The topological polar surface area (TPSA) is 59.1 Å². The Hall–Kier alpha value is -2.31. The Balaban J connectivity index is 1.50. The lowest BCUT2D eigenvalue weighted by atomic mass is 9.90. The summed E-state index contributed by atoms with van der Waals surface area (Å²) in [7, 11) is 0. The van der Waals surface area contributed by atoms with E-state index in [1.807, 2.05) is 5.38 Å². The summed E-state index contributed by atoms with van der Waals surface area (Å²) in [6.45, 7) is 1.50. The zero-order chi connectivity index (χ0) is 18.1. The van der Waals surface area contributed by atoms with Crippen molar-refractivity contribution in [2.24, 2.45) is 0 Å². The van der Waals surface area contributed by atoms with Gasteiger partial charge in [0.2, 0.25) is 0 Å². The van der Waals surface area contributed by atoms with Crippen LogP contribution in [0, 0.1) is 0 Å². The SMILES string of the molecule is CC(=O)c1ccc(C(=O)Nc2nc(-c3ccc4c(c3)CCCC4)cs2)s1. The van der Waals surface area contributed by atoms with Gasteiger partial charge in [0.1, 0.15) is 0 Å². The van der Waals surface area contributed by atoms with Gasteiger partial charge in [-0.15, -0.1) is 22.7 Å². The van der Waals surface area contributed by atoms with Crippen molar-refractivity contribution >= 4 is 39.5 Å². The summed E-state index contributed by atoms with van der Waals surface area (Å²) in [5, 5.41) is 5.37. The first-order valence-electron chi connectivity index (χ1n) is 8.60. The van der Waals surface area contributed by atoms with Crippen LogP contribution in [0.3, 0.4) is 0 Å². The number of nitrogens with zero attached hydrogens (tertiary/aromatic N) is 1.